The van der Waals surface area contributed by atoms with Crippen LogP contribution < -0.4 is 5.32 Å². The number of amides is 1. The lowest BCUT2D eigenvalue weighted by atomic mass is 10.0. The molecule has 2 N–H and O–H groups in total. The number of carbonyl (C=O) groups is 1. The van der Waals surface area contributed by atoms with Crippen LogP contribution in [0.15, 0.2) is 30.5 Å². The number of nitrogens with one attached hydrogen (secondary N) is 2. The molecule has 1 fully saturated rings. The SMILES string of the molecule is COCC1CCCN1C(=O)CNc1cc(-c2ccc(F)c(C(F)F)c2)cnc1C=N. The molecule has 3 rings (SSSR count). The fraction of sp³-hybridized carbons (Fsp3) is 0.381. The molecule has 1 unspecified atom stereocenters. The second-order valence-electron chi connectivity index (χ2n) is 7.03. The average molecular weight is 420 g/mol. The highest BCUT2D eigenvalue weighted by molar-refractivity contribution is 5.88. The number of aromatic nitrogens is 1. The number of alkyl halides is 2. The zero-order valence-electron chi connectivity index (χ0n) is 16.5. The van der Waals surface area contributed by atoms with Gasteiger partial charge < -0.3 is 20.4 Å². The quantitative estimate of drug-likeness (QED) is 0.636. The number of nitrogens with zero attached hydrogens (tertiary/aromatic N) is 2. The fourth-order valence-electron chi connectivity index (χ4n) is 3.58. The van der Waals surface area contributed by atoms with E-state index in [0.717, 1.165) is 31.2 Å². The first-order chi connectivity index (χ1) is 14.4. The molecule has 0 spiro atoms. The van der Waals surface area contributed by atoms with Gasteiger partial charge in [-0.15, -0.1) is 0 Å². The largest absolute Gasteiger partial charge is 0.383 e. The zero-order valence-corrected chi connectivity index (χ0v) is 16.5. The van der Waals surface area contributed by atoms with Gasteiger partial charge in [0.1, 0.15) is 11.5 Å². The fourth-order valence-corrected chi connectivity index (χ4v) is 3.58. The summed E-state index contributed by atoms with van der Waals surface area (Å²) in [5, 5.41) is 10.5. The molecule has 9 heteroatoms. The molecule has 160 valence electrons. The van der Waals surface area contributed by atoms with E-state index < -0.39 is 17.8 Å². The number of likely N-dealkylation sites (tertiary alicyclic amines) is 1. The summed E-state index contributed by atoms with van der Waals surface area (Å²) in [4.78, 5) is 18.6. The van der Waals surface area contributed by atoms with E-state index in [1.54, 1.807) is 18.1 Å². The van der Waals surface area contributed by atoms with Crippen LogP contribution in [0.5, 0.6) is 0 Å². The molecule has 1 aliphatic heterocycles. The number of pyridine rings is 1. The number of halogens is 3. The Balaban J connectivity index is 1.79. The van der Waals surface area contributed by atoms with Crippen LogP contribution in [0.1, 0.15) is 30.5 Å². The Labute approximate surface area is 172 Å². The number of hydrogen-bond donors (Lipinski definition) is 2. The molecule has 0 bridgehead atoms. The van der Waals surface area contributed by atoms with Crippen molar-refractivity contribution < 1.29 is 22.7 Å². The molecule has 2 heterocycles. The van der Waals surface area contributed by atoms with Gasteiger partial charge in [0.25, 0.3) is 6.43 Å². The number of anilines is 1. The van der Waals surface area contributed by atoms with Gasteiger partial charge in [0.15, 0.2) is 0 Å². The number of methoxy groups -OCH3 is 1. The van der Waals surface area contributed by atoms with Crippen molar-refractivity contribution in [3.05, 3.63) is 47.5 Å². The predicted molar refractivity (Wildman–Crippen MR) is 108 cm³/mol. The van der Waals surface area contributed by atoms with Gasteiger partial charge >= 0.3 is 0 Å². The van der Waals surface area contributed by atoms with E-state index in [-0.39, 0.29) is 18.5 Å². The summed E-state index contributed by atoms with van der Waals surface area (Å²) < 4.78 is 44.8. The third kappa shape index (κ3) is 4.79. The Morgan fingerprint density at radius 1 is 1.40 bits per heavy atom. The molecule has 0 radical (unpaired) electrons. The lowest BCUT2D eigenvalue weighted by Crippen LogP contribution is -2.41. The summed E-state index contributed by atoms with van der Waals surface area (Å²) in [5.74, 6) is -1.07. The Bertz CT molecular complexity index is 923. The second kappa shape index (κ2) is 9.71. The van der Waals surface area contributed by atoms with Gasteiger partial charge in [0, 0.05) is 31.6 Å². The van der Waals surface area contributed by atoms with Gasteiger partial charge in [-0.2, -0.15) is 0 Å². The van der Waals surface area contributed by atoms with Gasteiger partial charge in [0.05, 0.1) is 30.4 Å². The molecule has 1 atom stereocenters. The maximum absolute atomic E-state index is 13.6. The van der Waals surface area contributed by atoms with E-state index in [0.29, 0.717) is 35.7 Å². The lowest BCUT2D eigenvalue weighted by Gasteiger charge is -2.24. The highest BCUT2D eigenvalue weighted by atomic mass is 19.3. The standard InChI is InChI=1S/C21H23F3N4O2/c1-30-12-15-3-2-6-28(15)20(29)11-27-18-8-14(10-26-19(18)9-25)13-4-5-17(22)16(7-13)21(23)24/h4-5,7-10,15,21,25,27H,2-3,6,11-12H2,1H3. The Hall–Kier alpha value is -2.94. The molecule has 1 saturated heterocycles. The smallest absolute Gasteiger partial charge is 0.266 e. The van der Waals surface area contributed by atoms with E-state index in [2.05, 4.69) is 10.3 Å². The van der Waals surface area contributed by atoms with Crippen LogP contribution in [0.25, 0.3) is 11.1 Å². The van der Waals surface area contributed by atoms with Gasteiger partial charge in [-0.1, -0.05) is 6.07 Å². The number of hydrogen-bond acceptors (Lipinski definition) is 5. The number of carbonyl (C=O) groups excluding carboxylic acids is 1. The molecule has 1 aromatic heterocycles. The van der Waals surface area contributed by atoms with Gasteiger partial charge in [0.2, 0.25) is 5.91 Å². The highest BCUT2D eigenvalue weighted by Crippen LogP contribution is 2.29. The van der Waals surface area contributed by atoms with E-state index in [1.807, 2.05) is 0 Å². The van der Waals surface area contributed by atoms with Gasteiger partial charge in [-0.05, 0) is 36.6 Å². The number of benzene rings is 1. The number of rotatable bonds is 8. The summed E-state index contributed by atoms with van der Waals surface area (Å²) in [6.45, 7) is 1.14. The summed E-state index contributed by atoms with van der Waals surface area (Å²) in [7, 11) is 1.60. The van der Waals surface area contributed by atoms with Crippen LogP contribution in [-0.4, -0.2) is 54.9 Å². The average Bonchev–Trinajstić information content (AvgIpc) is 3.20. The molecule has 0 saturated carbocycles. The van der Waals surface area contributed by atoms with Crippen molar-refractivity contribution in [1.29, 1.82) is 5.41 Å². The van der Waals surface area contributed by atoms with Crippen LogP contribution in [0, 0.1) is 11.2 Å². The first kappa shape index (κ1) is 21.8. The van der Waals surface area contributed by atoms with Crippen molar-refractivity contribution in [2.24, 2.45) is 0 Å². The first-order valence-corrected chi connectivity index (χ1v) is 9.55. The van der Waals surface area contributed by atoms with Crippen molar-refractivity contribution in [1.82, 2.24) is 9.88 Å². The molecular formula is C21H23F3N4O2. The summed E-state index contributed by atoms with van der Waals surface area (Å²) in [5.41, 5.74) is 0.867. The minimum absolute atomic E-state index is 0.00209. The van der Waals surface area contributed by atoms with Crippen molar-refractivity contribution in [3.8, 4) is 11.1 Å². The summed E-state index contributed by atoms with van der Waals surface area (Å²) in [6.07, 6.45) is 1.33. The summed E-state index contributed by atoms with van der Waals surface area (Å²) >= 11 is 0. The third-order valence-corrected chi connectivity index (χ3v) is 5.11. The van der Waals surface area contributed by atoms with Gasteiger partial charge in [-0.25, -0.2) is 13.2 Å². The molecule has 30 heavy (non-hydrogen) atoms. The third-order valence-electron chi connectivity index (χ3n) is 5.11. The minimum atomic E-state index is -2.94. The molecule has 0 aliphatic carbocycles. The molecular weight excluding hydrogens is 397 g/mol. The van der Waals surface area contributed by atoms with E-state index in [1.165, 1.54) is 12.3 Å². The van der Waals surface area contributed by atoms with Crippen LogP contribution in [0.2, 0.25) is 0 Å². The maximum Gasteiger partial charge on any atom is 0.266 e. The van der Waals surface area contributed by atoms with E-state index >= 15 is 0 Å². The van der Waals surface area contributed by atoms with Crippen molar-refractivity contribution in [2.75, 3.05) is 32.1 Å². The highest BCUT2D eigenvalue weighted by Gasteiger charge is 2.28. The second-order valence-corrected chi connectivity index (χ2v) is 7.03. The number of ether oxygens (including phenoxy) is 1. The van der Waals surface area contributed by atoms with E-state index in [9.17, 15) is 18.0 Å². The van der Waals surface area contributed by atoms with Crippen LogP contribution in [-0.2, 0) is 9.53 Å². The Morgan fingerprint density at radius 2 is 2.20 bits per heavy atom. The Kier molecular flexibility index (Phi) is 7.04. The first-order valence-electron chi connectivity index (χ1n) is 9.55. The van der Waals surface area contributed by atoms with Crippen LogP contribution in [0.4, 0.5) is 18.9 Å². The Morgan fingerprint density at radius 3 is 2.90 bits per heavy atom. The van der Waals surface area contributed by atoms with E-state index in [4.69, 9.17) is 10.1 Å². The van der Waals surface area contributed by atoms with Crippen molar-refractivity contribution >= 4 is 17.8 Å². The maximum atomic E-state index is 13.6. The predicted octanol–water partition coefficient (Wildman–Crippen LogP) is 3.87. The van der Waals surface area contributed by atoms with Crippen LogP contribution >= 0.6 is 0 Å². The normalized spacial score (nSPS) is 16.2. The van der Waals surface area contributed by atoms with Crippen LogP contribution in [0.3, 0.4) is 0 Å². The lowest BCUT2D eigenvalue weighted by molar-refractivity contribution is -0.130. The monoisotopic (exact) mass is 420 g/mol. The zero-order chi connectivity index (χ0) is 21.7. The molecule has 6 nitrogen and oxygen atoms in total. The molecule has 1 aromatic carbocycles. The topological polar surface area (TPSA) is 78.3 Å². The van der Waals surface area contributed by atoms with Crippen molar-refractivity contribution in [3.63, 3.8) is 0 Å². The molecule has 1 aliphatic rings. The minimum Gasteiger partial charge on any atom is -0.383 e. The molecule has 1 amide bonds. The molecule has 2 aromatic rings. The summed E-state index contributed by atoms with van der Waals surface area (Å²) in [6, 6.07) is 5.11. The van der Waals surface area contributed by atoms with Gasteiger partial charge in [-0.3, -0.25) is 9.78 Å². The van der Waals surface area contributed by atoms with Crippen molar-refractivity contribution in [2.45, 2.75) is 25.3 Å².